The number of nitrogens with zero attached hydrogens (tertiary/aromatic N) is 2. The third-order valence-electron chi connectivity index (χ3n) is 3.27. The number of aromatic nitrogens is 2. The molecule has 0 radical (unpaired) electrons. The molecular formula is C16H14ClN3O2. The monoisotopic (exact) mass is 315 g/mol. The number of carbonyl (C=O) groups is 1. The summed E-state index contributed by atoms with van der Waals surface area (Å²) in [5, 5.41) is 3.76. The molecule has 0 aliphatic heterocycles. The van der Waals surface area contributed by atoms with Gasteiger partial charge in [0.05, 0.1) is 16.5 Å². The van der Waals surface area contributed by atoms with Crippen LogP contribution in [0.5, 0.6) is 0 Å². The first-order valence-electron chi connectivity index (χ1n) is 6.89. The van der Waals surface area contributed by atoms with Crippen molar-refractivity contribution in [3.63, 3.8) is 0 Å². The number of hydrogen-bond acceptors (Lipinski definition) is 3. The molecule has 2 heterocycles. The summed E-state index contributed by atoms with van der Waals surface area (Å²) in [6.45, 7) is 3.75. The van der Waals surface area contributed by atoms with Gasteiger partial charge in [-0.25, -0.2) is 4.98 Å². The van der Waals surface area contributed by atoms with Crippen molar-refractivity contribution < 1.29 is 4.79 Å². The summed E-state index contributed by atoms with van der Waals surface area (Å²) in [5.74, 6) is -0.263. The molecule has 2 aromatic heterocycles. The van der Waals surface area contributed by atoms with Crippen molar-refractivity contribution in [2.75, 3.05) is 0 Å². The van der Waals surface area contributed by atoms with E-state index >= 15 is 0 Å². The predicted molar refractivity (Wildman–Crippen MR) is 86.6 cm³/mol. The molecule has 0 atom stereocenters. The number of pyridine rings is 1. The van der Waals surface area contributed by atoms with Crippen LogP contribution in [0.15, 0.2) is 41.3 Å². The SMILES string of the molecule is CC(C)NC(=O)c1cccn2c(=O)c3ccc(Cl)cc3nc12. The van der Waals surface area contributed by atoms with Crippen LogP contribution in [0.1, 0.15) is 24.2 Å². The van der Waals surface area contributed by atoms with Crippen molar-refractivity contribution in [1.29, 1.82) is 0 Å². The minimum atomic E-state index is -0.263. The van der Waals surface area contributed by atoms with E-state index in [9.17, 15) is 9.59 Å². The summed E-state index contributed by atoms with van der Waals surface area (Å²) in [4.78, 5) is 29.3. The van der Waals surface area contributed by atoms with Crippen molar-refractivity contribution in [1.82, 2.24) is 14.7 Å². The Labute approximate surface area is 131 Å². The van der Waals surface area contributed by atoms with Crippen molar-refractivity contribution >= 4 is 34.1 Å². The van der Waals surface area contributed by atoms with Gasteiger partial charge in [-0.15, -0.1) is 0 Å². The van der Waals surface area contributed by atoms with Crippen LogP contribution in [-0.2, 0) is 0 Å². The third-order valence-corrected chi connectivity index (χ3v) is 3.50. The van der Waals surface area contributed by atoms with Gasteiger partial charge in [-0.3, -0.25) is 14.0 Å². The zero-order chi connectivity index (χ0) is 15.9. The molecule has 0 saturated heterocycles. The third kappa shape index (κ3) is 2.44. The lowest BCUT2D eigenvalue weighted by Crippen LogP contribution is -2.31. The van der Waals surface area contributed by atoms with E-state index in [1.807, 2.05) is 13.8 Å². The normalized spacial score (nSPS) is 11.3. The molecule has 5 nitrogen and oxygen atoms in total. The Bertz CT molecular complexity index is 947. The molecule has 1 N–H and O–H groups in total. The van der Waals surface area contributed by atoms with Gasteiger partial charge in [0.25, 0.3) is 11.5 Å². The van der Waals surface area contributed by atoms with Crippen molar-refractivity contribution in [3.05, 3.63) is 57.5 Å². The summed E-state index contributed by atoms with van der Waals surface area (Å²) in [6, 6.07) is 8.21. The van der Waals surface area contributed by atoms with Crippen LogP contribution in [0.25, 0.3) is 16.6 Å². The van der Waals surface area contributed by atoms with E-state index in [4.69, 9.17) is 11.6 Å². The molecule has 0 spiro atoms. The number of fused-ring (bicyclic) bond motifs is 2. The molecular weight excluding hydrogens is 302 g/mol. The van der Waals surface area contributed by atoms with Crippen LogP contribution >= 0.6 is 11.6 Å². The minimum Gasteiger partial charge on any atom is -0.350 e. The molecule has 3 rings (SSSR count). The molecule has 0 fully saturated rings. The Kier molecular flexibility index (Phi) is 3.58. The van der Waals surface area contributed by atoms with Crippen LogP contribution in [0.2, 0.25) is 5.02 Å². The van der Waals surface area contributed by atoms with Crippen molar-refractivity contribution in [2.24, 2.45) is 0 Å². The Morgan fingerprint density at radius 1 is 1.32 bits per heavy atom. The maximum atomic E-state index is 12.5. The Balaban J connectivity index is 2.34. The molecule has 1 aromatic carbocycles. The number of amides is 1. The van der Waals surface area contributed by atoms with E-state index < -0.39 is 0 Å². The summed E-state index contributed by atoms with van der Waals surface area (Å²) in [6.07, 6.45) is 1.60. The van der Waals surface area contributed by atoms with E-state index in [-0.39, 0.29) is 17.5 Å². The predicted octanol–water partition coefficient (Wildman–Crippen LogP) is 2.64. The standard InChI is InChI=1S/C16H14ClN3O2/c1-9(2)18-15(21)12-4-3-7-20-14(12)19-13-8-10(17)5-6-11(13)16(20)22/h3-9H,1-2H3,(H,18,21). The van der Waals surface area contributed by atoms with Crippen LogP contribution < -0.4 is 10.9 Å². The van der Waals surface area contributed by atoms with Crippen molar-refractivity contribution in [2.45, 2.75) is 19.9 Å². The lowest BCUT2D eigenvalue weighted by atomic mass is 10.2. The van der Waals surface area contributed by atoms with Crippen LogP contribution in [0.4, 0.5) is 0 Å². The molecule has 0 aliphatic carbocycles. The first kappa shape index (κ1) is 14.5. The molecule has 3 aromatic rings. The maximum Gasteiger partial charge on any atom is 0.265 e. The van der Waals surface area contributed by atoms with E-state index in [0.29, 0.717) is 27.1 Å². The number of halogens is 1. The Morgan fingerprint density at radius 3 is 2.82 bits per heavy atom. The average Bonchev–Trinajstić information content (AvgIpc) is 2.46. The highest BCUT2D eigenvalue weighted by Gasteiger charge is 2.14. The van der Waals surface area contributed by atoms with Gasteiger partial charge in [0.2, 0.25) is 0 Å². The van der Waals surface area contributed by atoms with E-state index in [1.54, 1.807) is 36.5 Å². The van der Waals surface area contributed by atoms with E-state index in [0.717, 1.165) is 0 Å². The van der Waals surface area contributed by atoms with Crippen LogP contribution in [0.3, 0.4) is 0 Å². The first-order chi connectivity index (χ1) is 10.5. The zero-order valence-electron chi connectivity index (χ0n) is 12.1. The molecule has 112 valence electrons. The smallest absolute Gasteiger partial charge is 0.265 e. The molecule has 0 saturated carbocycles. The molecule has 0 bridgehead atoms. The molecule has 0 aliphatic rings. The van der Waals surface area contributed by atoms with E-state index in [1.165, 1.54) is 4.40 Å². The van der Waals surface area contributed by atoms with Crippen LogP contribution in [0, 0.1) is 0 Å². The molecule has 1 amide bonds. The second kappa shape index (κ2) is 5.42. The lowest BCUT2D eigenvalue weighted by Gasteiger charge is -2.11. The van der Waals surface area contributed by atoms with Gasteiger partial charge in [0.1, 0.15) is 0 Å². The summed E-state index contributed by atoms with van der Waals surface area (Å²) >= 11 is 5.97. The molecule has 22 heavy (non-hydrogen) atoms. The van der Waals surface area contributed by atoms with Gasteiger partial charge in [0.15, 0.2) is 5.65 Å². The first-order valence-corrected chi connectivity index (χ1v) is 7.26. The highest BCUT2D eigenvalue weighted by Crippen LogP contribution is 2.17. The fraction of sp³-hybridized carbons (Fsp3) is 0.188. The quantitative estimate of drug-likeness (QED) is 0.739. The van der Waals surface area contributed by atoms with E-state index in [2.05, 4.69) is 10.3 Å². The Morgan fingerprint density at radius 2 is 2.09 bits per heavy atom. The largest absolute Gasteiger partial charge is 0.350 e. The highest BCUT2D eigenvalue weighted by molar-refractivity contribution is 6.31. The second-order valence-corrected chi connectivity index (χ2v) is 5.76. The van der Waals surface area contributed by atoms with Gasteiger partial charge in [-0.2, -0.15) is 0 Å². The fourth-order valence-corrected chi connectivity index (χ4v) is 2.48. The summed E-state index contributed by atoms with van der Waals surface area (Å²) in [5.41, 5.74) is 0.925. The fourth-order valence-electron chi connectivity index (χ4n) is 2.32. The highest BCUT2D eigenvalue weighted by atomic mass is 35.5. The van der Waals surface area contributed by atoms with Gasteiger partial charge >= 0.3 is 0 Å². The van der Waals surface area contributed by atoms with Gasteiger partial charge in [-0.1, -0.05) is 11.6 Å². The summed E-state index contributed by atoms with van der Waals surface area (Å²) < 4.78 is 1.38. The minimum absolute atomic E-state index is 0.00520. The Hall–Kier alpha value is -2.40. The molecule has 6 heteroatoms. The van der Waals surface area contributed by atoms with Gasteiger partial charge < -0.3 is 5.32 Å². The number of rotatable bonds is 2. The number of carbonyl (C=O) groups excluding carboxylic acids is 1. The lowest BCUT2D eigenvalue weighted by molar-refractivity contribution is 0.0944. The number of hydrogen-bond donors (Lipinski definition) is 1. The summed E-state index contributed by atoms with van der Waals surface area (Å²) in [7, 11) is 0. The number of benzene rings is 1. The van der Waals surface area contributed by atoms with Gasteiger partial charge in [-0.05, 0) is 44.2 Å². The van der Waals surface area contributed by atoms with Crippen LogP contribution in [-0.4, -0.2) is 21.3 Å². The topological polar surface area (TPSA) is 63.5 Å². The van der Waals surface area contributed by atoms with Gasteiger partial charge in [0, 0.05) is 17.3 Å². The zero-order valence-corrected chi connectivity index (χ0v) is 12.9. The molecule has 0 unspecified atom stereocenters. The maximum absolute atomic E-state index is 12.5. The number of nitrogens with one attached hydrogen (secondary N) is 1. The second-order valence-electron chi connectivity index (χ2n) is 5.32. The van der Waals surface area contributed by atoms with Crippen molar-refractivity contribution in [3.8, 4) is 0 Å². The average molecular weight is 316 g/mol.